The molecule has 0 aliphatic carbocycles. The maximum absolute atomic E-state index is 13.0. The van der Waals surface area contributed by atoms with Crippen molar-refractivity contribution in [3.63, 3.8) is 0 Å². The summed E-state index contributed by atoms with van der Waals surface area (Å²) in [4.78, 5) is 25.9. The van der Waals surface area contributed by atoms with Crippen LogP contribution < -0.4 is 0 Å². The first kappa shape index (κ1) is 20.4. The van der Waals surface area contributed by atoms with Crippen LogP contribution in [0.4, 0.5) is 0 Å². The Kier molecular flexibility index (Phi) is 7.94. The fourth-order valence-electron chi connectivity index (χ4n) is 2.68. The van der Waals surface area contributed by atoms with Crippen molar-refractivity contribution in [2.75, 3.05) is 11.5 Å². The third kappa shape index (κ3) is 6.11. The molecule has 1 saturated heterocycles. The summed E-state index contributed by atoms with van der Waals surface area (Å²) >= 11 is 3.25. The van der Waals surface area contributed by atoms with Crippen LogP contribution in [0.15, 0.2) is 82.6 Å². The number of thioether (sulfide) groups is 2. The summed E-state index contributed by atoms with van der Waals surface area (Å²) in [6, 6.07) is 19.3. The second-order valence-corrected chi connectivity index (χ2v) is 8.75. The molecule has 0 aromatic heterocycles. The van der Waals surface area contributed by atoms with E-state index in [9.17, 15) is 9.59 Å². The molecule has 142 valence electrons. The highest BCUT2D eigenvalue weighted by Crippen LogP contribution is 2.37. The Balaban J connectivity index is 1.87. The van der Waals surface area contributed by atoms with Crippen LogP contribution in [0.5, 0.6) is 0 Å². The van der Waals surface area contributed by atoms with Crippen molar-refractivity contribution >= 4 is 47.2 Å². The van der Waals surface area contributed by atoms with E-state index >= 15 is 0 Å². The van der Waals surface area contributed by atoms with Gasteiger partial charge in [-0.15, -0.1) is 23.5 Å². The zero-order valence-electron chi connectivity index (χ0n) is 15.5. The Bertz CT molecular complexity index is 823. The molecule has 1 aliphatic rings. The summed E-state index contributed by atoms with van der Waals surface area (Å²) in [7, 11) is 0. The molecule has 0 amide bonds. The molecule has 0 radical (unpaired) electrons. The van der Waals surface area contributed by atoms with Gasteiger partial charge in [-0.3, -0.25) is 9.59 Å². The molecule has 28 heavy (non-hydrogen) atoms. The maximum atomic E-state index is 13.0. The lowest BCUT2D eigenvalue weighted by atomic mass is 10.1. The van der Waals surface area contributed by atoms with Gasteiger partial charge in [0, 0.05) is 0 Å². The molecule has 2 aromatic carbocycles. The van der Waals surface area contributed by atoms with Crippen LogP contribution in [-0.2, 0) is 9.59 Å². The van der Waals surface area contributed by atoms with Gasteiger partial charge in [-0.05, 0) is 47.6 Å². The Morgan fingerprint density at radius 3 is 1.54 bits per heavy atom. The summed E-state index contributed by atoms with van der Waals surface area (Å²) in [6.45, 7) is 0. The van der Waals surface area contributed by atoms with Crippen LogP contribution in [-0.4, -0.2) is 23.1 Å². The summed E-state index contributed by atoms with van der Waals surface area (Å²) in [5, 5.41) is 0. The van der Waals surface area contributed by atoms with Crippen molar-refractivity contribution in [3.05, 3.63) is 93.8 Å². The van der Waals surface area contributed by atoms with E-state index in [1.165, 1.54) is 12.2 Å². The summed E-state index contributed by atoms with van der Waals surface area (Å²) in [5.41, 5.74) is 2.17. The van der Waals surface area contributed by atoms with Crippen LogP contribution in [0.2, 0.25) is 0 Å². The van der Waals surface area contributed by atoms with E-state index in [4.69, 9.17) is 0 Å². The summed E-state index contributed by atoms with van der Waals surface area (Å²) < 4.78 is 0.850. The van der Waals surface area contributed by atoms with Crippen molar-refractivity contribution in [2.24, 2.45) is 0 Å². The quantitative estimate of drug-likeness (QED) is 0.334. The highest BCUT2D eigenvalue weighted by atomic mass is 32.2. The first-order chi connectivity index (χ1) is 13.7. The number of hydrogen-bond donors (Lipinski definition) is 0. The van der Waals surface area contributed by atoms with Crippen molar-refractivity contribution in [3.8, 4) is 0 Å². The number of hydrogen-bond acceptors (Lipinski definition) is 4. The second kappa shape index (κ2) is 10.9. The predicted molar refractivity (Wildman–Crippen MR) is 122 cm³/mol. The molecule has 0 saturated carbocycles. The number of ketones is 2. The van der Waals surface area contributed by atoms with Gasteiger partial charge in [0.1, 0.15) is 0 Å². The van der Waals surface area contributed by atoms with Crippen molar-refractivity contribution in [2.45, 2.75) is 12.8 Å². The van der Waals surface area contributed by atoms with Gasteiger partial charge in [-0.25, -0.2) is 0 Å². The number of rotatable bonds is 6. The monoisotopic (exact) mass is 406 g/mol. The minimum absolute atomic E-state index is 0.233. The molecule has 2 aromatic rings. The standard InChI is InChI=1S/C24H22O2S2/c25-21(15-13-19-9-3-1-4-10-19)23(24-27-17-7-8-18-28-24)22(26)16-14-20-11-5-2-6-12-20/h1-6,9-16H,7-8,17-18H2/b15-13+,16-14+. The fraction of sp³-hybridized carbons (Fsp3) is 0.167. The summed E-state index contributed by atoms with van der Waals surface area (Å²) in [5.74, 6) is 1.42. The highest BCUT2D eigenvalue weighted by Gasteiger charge is 2.21. The number of carbonyl (C=O) groups excluding carboxylic acids is 2. The number of allylic oxidation sites excluding steroid dienone is 3. The SMILES string of the molecule is O=C(/C=C/c1ccccc1)C(C(=O)/C=C/c1ccccc1)=C1SCCCCS1. The number of benzene rings is 2. The lowest BCUT2D eigenvalue weighted by molar-refractivity contribution is -0.116. The van der Waals surface area contributed by atoms with Crippen LogP contribution in [0, 0.1) is 0 Å². The van der Waals surface area contributed by atoms with Gasteiger partial charge in [0.25, 0.3) is 0 Å². The van der Waals surface area contributed by atoms with Crippen molar-refractivity contribution in [1.29, 1.82) is 0 Å². The van der Waals surface area contributed by atoms with Crippen LogP contribution in [0.3, 0.4) is 0 Å². The largest absolute Gasteiger partial charge is 0.289 e. The molecular formula is C24H22O2S2. The molecule has 2 nitrogen and oxygen atoms in total. The molecule has 1 aliphatic heterocycles. The molecule has 1 heterocycles. The average molecular weight is 407 g/mol. The van der Waals surface area contributed by atoms with Gasteiger partial charge in [-0.1, -0.05) is 72.8 Å². The molecule has 0 N–H and O–H groups in total. The fourth-order valence-corrected chi connectivity index (χ4v) is 5.27. The van der Waals surface area contributed by atoms with E-state index < -0.39 is 0 Å². The zero-order valence-corrected chi connectivity index (χ0v) is 17.2. The molecule has 3 rings (SSSR count). The predicted octanol–water partition coefficient (Wildman–Crippen LogP) is 6.02. The van der Waals surface area contributed by atoms with Gasteiger partial charge in [0.2, 0.25) is 0 Å². The topological polar surface area (TPSA) is 34.1 Å². The van der Waals surface area contributed by atoms with Gasteiger partial charge in [-0.2, -0.15) is 0 Å². The van der Waals surface area contributed by atoms with E-state index in [0.29, 0.717) is 0 Å². The molecular weight excluding hydrogens is 384 g/mol. The molecule has 4 heteroatoms. The minimum atomic E-state index is -0.233. The van der Waals surface area contributed by atoms with E-state index in [1.807, 2.05) is 60.7 Å². The van der Waals surface area contributed by atoms with Crippen molar-refractivity contribution in [1.82, 2.24) is 0 Å². The lowest BCUT2D eigenvalue weighted by Crippen LogP contribution is -2.10. The van der Waals surface area contributed by atoms with Crippen LogP contribution in [0.25, 0.3) is 12.2 Å². The minimum Gasteiger partial charge on any atom is -0.289 e. The lowest BCUT2D eigenvalue weighted by Gasteiger charge is -2.08. The summed E-state index contributed by atoms with van der Waals surface area (Å²) in [6.07, 6.45) is 8.77. The molecule has 0 bridgehead atoms. The van der Waals surface area contributed by atoms with E-state index in [1.54, 1.807) is 35.7 Å². The van der Waals surface area contributed by atoms with E-state index in [2.05, 4.69) is 0 Å². The average Bonchev–Trinajstić information content (AvgIpc) is 3.02. The second-order valence-electron chi connectivity index (χ2n) is 6.28. The first-order valence-electron chi connectivity index (χ1n) is 9.29. The van der Waals surface area contributed by atoms with Gasteiger partial charge >= 0.3 is 0 Å². The maximum Gasteiger partial charge on any atom is 0.191 e. The first-order valence-corrected chi connectivity index (χ1v) is 11.3. The van der Waals surface area contributed by atoms with Crippen molar-refractivity contribution < 1.29 is 9.59 Å². The zero-order chi connectivity index (χ0) is 19.6. The molecule has 0 unspecified atom stereocenters. The van der Waals surface area contributed by atoms with Gasteiger partial charge in [0.15, 0.2) is 11.6 Å². The Morgan fingerprint density at radius 2 is 1.11 bits per heavy atom. The molecule has 1 fully saturated rings. The Hall–Kier alpha value is -2.30. The van der Waals surface area contributed by atoms with Gasteiger partial charge in [0.05, 0.1) is 9.81 Å². The van der Waals surface area contributed by atoms with Gasteiger partial charge < -0.3 is 0 Å². The normalized spacial score (nSPS) is 14.9. The third-order valence-corrected chi connectivity index (χ3v) is 6.78. The van der Waals surface area contributed by atoms with Crippen LogP contribution >= 0.6 is 23.5 Å². The molecule has 0 spiro atoms. The third-order valence-electron chi connectivity index (χ3n) is 4.16. The Labute approximate surface area is 174 Å². The number of carbonyl (C=O) groups is 2. The highest BCUT2D eigenvalue weighted by molar-refractivity contribution is 8.22. The molecule has 0 atom stereocenters. The van der Waals surface area contributed by atoms with E-state index in [-0.39, 0.29) is 17.1 Å². The smallest absolute Gasteiger partial charge is 0.191 e. The Morgan fingerprint density at radius 1 is 0.679 bits per heavy atom. The van der Waals surface area contributed by atoms with Crippen LogP contribution in [0.1, 0.15) is 24.0 Å². The van der Waals surface area contributed by atoms with E-state index in [0.717, 1.165) is 39.7 Å².